The van der Waals surface area contributed by atoms with Crippen molar-refractivity contribution in [1.29, 1.82) is 0 Å². The molecule has 1 N–H and O–H groups in total. The van der Waals surface area contributed by atoms with Gasteiger partial charge in [-0.25, -0.2) is 8.78 Å². The van der Waals surface area contributed by atoms with Crippen LogP contribution in [0.2, 0.25) is 0 Å². The largest absolute Gasteiger partial charge is 0.377 e. The first-order chi connectivity index (χ1) is 9.41. The lowest BCUT2D eigenvalue weighted by molar-refractivity contribution is -0.0317. The second kappa shape index (κ2) is 7.48. The van der Waals surface area contributed by atoms with Crippen molar-refractivity contribution in [2.24, 2.45) is 0 Å². The van der Waals surface area contributed by atoms with E-state index in [1.165, 1.54) is 12.1 Å². The average molecular weight is 350 g/mol. The summed E-state index contributed by atoms with van der Waals surface area (Å²) in [5.41, 5.74) is -0.656. The van der Waals surface area contributed by atoms with Gasteiger partial charge < -0.3 is 10.1 Å². The van der Waals surface area contributed by atoms with Crippen LogP contribution in [0.3, 0.4) is 0 Å². The second-order valence-corrected chi connectivity index (χ2v) is 5.87. The fourth-order valence-electron chi connectivity index (χ4n) is 2.19. The number of nitrogens with one attached hydrogen (secondary N) is 1. The van der Waals surface area contributed by atoms with Crippen molar-refractivity contribution < 1.29 is 13.5 Å². The van der Waals surface area contributed by atoms with Crippen LogP contribution in [0.1, 0.15) is 45.2 Å². The van der Waals surface area contributed by atoms with Crippen molar-refractivity contribution in [2.75, 3.05) is 13.7 Å². The summed E-state index contributed by atoms with van der Waals surface area (Å²) in [4.78, 5) is 0. The molecule has 0 aliphatic heterocycles. The van der Waals surface area contributed by atoms with Crippen LogP contribution in [-0.2, 0) is 4.74 Å². The van der Waals surface area contributed by atoms with E-state index in [1.807, 2.05) is 20.8 Å². The number of hydrogen-bond donors (Lipinski definition) is 1. The number of hydrogen-bond acceptors (Lipinski definition) is 2. The van der Waals surface area contributed by atoms with Gasteiger partial charge in [0.1, 0.15) is 11.6 Å². The van der Waals surface area contributed by atoms with Crippen molar-refractivity contribution in [2.45, 2.75) is 45.3 Å². The van der Waals surface area contributed by atoms with Gasteiger partial charge in [0.25, 0.3) is 0 Å². The van der Waals surface area contributed by atoms with Crippen LogP contribution >= 0.6 is 15.9 Å². The summed E-state index contributed by atoms with van der Waals surface area (Å²) in [7, 11) is 1.57. The number of benzene rings is 1. The van der Waals surface area contributed by atoms with Crippen molar-refractivity contribution in [3.63, 3.8) is 0 Å². The molecule has 0 fully saturated rings. The molecule has 2 unspecified atom stereocenters. The van der Waals surface area contributed by atoms with Gasteiger partial charge in [-0.1, -0.05) is 13.8 Å². The maximum atomic E-state index is 14.4. The minimum absolute atomic E-state index is 0.0269. The molecule has 1 aromatic rings. The predicted octanol–water partition coefficient (Wildman–Crippen LogP) is 4.58. The van der Waals surface area contributed by atoms with E-state index < -0.39 is 23.3 Å². The molecule has 1 aromatic carbocycles. The van der Waals surface area contributed by atoms with E-state index in [2.05, 4.69) is 21.2 Å². The zero-order valence-corrected chi connectivity index (χ0v) is 14.0. The van der Waals surface area contributed by atoms with Gasteiger partial charge in [0.15, 0.2) is 0 Å². The molecule has 2 nitrogen and oxygen atoms in total. The van der Waals surface area contributed by atoms with Crippen molar-refractivity contribution in [1.82, 2.24) is 5.32 Å². The monoisotopic (exact) mass is 349 g/mol. The molecule has 0 spiro atoms. The van der Waals surface area contributed by atoms with Crippen LogP contribution in [0.4, 0.5) is 8.78 Å². The molecule has 0 radical (unpaired) electrons. The van der Waals surface area contributed by atoms with Crippen LogP contribution in [0.15, 0.2) is 16.6 Å². The molecular weight excluding hydrogens is 328 g/mol. The van der Waals surface area contributed by atoms with Gasteiger partial charge in [-0.05, 0) is 54.4 Å². The van der Waals surface area contributed by atoms with Gasteiger partial charge in [-0.15, -0.1) is 0 Å². The zero-order valence-electron chi connectivity index (χ0n) is 12.4. The molecule has 0 aliphatic carbocycles. The molecule has 20 heavy (non-hydrogen) atoms. The van der Waals surface area contributed by atoms with E-state index in [0.29, 0.717) is 13.0 Å². The Morgan fingerprint density at radius 1 is 1.35 bits per heavy atom. The average Bonchev–Trinajstić information content (AvgIpc) is 2.45. The highest BCUT2D eigenvalue weighted by molar-refractivity contribution is 9.10. The highest BCUT2D eigenvalue weighted by Crippen LogP contribution is 2.36. The first kappa shape index (κ1) is 17.5. The maximum Gasteiger partial charge on any atom is 0.145 e. The molecule has 114 valence electrons. The van der Waals surface area contributed by atoms with E-state index >= 15 is 0 Å². The predicted molar refractivity (Wildman–Crippen MR) is 80.8 cm³/mol. The third-order valence-electron chi connectivity index (χ3n) is 3.75. The van der Waals surface area contributed by atoms with Gasteiger partial charge in [-0.2, -0.15) is 0 Å². The highest BCUT2D eigenvalue weighted by atomic mass is 79.9. The Bertz CT molecular complexity index is 450. The third kappa shape index (κ3) is 3.57. The van der Waals surface area contributed by atoms with Crippen LogP contribution in [0, 0.1) is 11.6 Å². The van der Waals surface area contributed by atoms with Crippen LogP contribution < -0.4 is 5.32 Å². The SMILES string of the molecule is CCCNC(c1c(F)ccc(Br)c1F)C(C)(CC)OC. The summed E-state index contributed by atoms with van der Waals surface area (Å²) in [6, 6.07) is 2.10. The van der Waals surface area contributed by atoms with Gasteiger partial charge in [-0.3, -0.25) is 0 Å². The number of methoxy groups -OCH3 is 1. The van der Waals surface area contributed by atoms with E-state index in [9.17, 15) is 8.78 Å². The Labute approximate surface area is 128 Å². The molecule has 0 bridgehead atoms. The minimum Gasteiger partial charge on any atom is -0.377 e. The minimum atomic E-state index is -0.683. The normalized spacial score (nSPS) is 15.9. The molecule has 5 heteroatoms. The second-order valence-electron chi connectivity index (χ2n) is 5.01. The lowest BCUT2D eigenvalue weighted by Gasteiger charge is -2.37. The van der Waals surface area contributed by atoms with E-state index in [4.69, 9.17) is 4.74 Å². The molecule has 1 rings (SSSR count). The Morgan fingerprint density at radius 2 is 2.00 bits per heavy atom. The molecule has 2 atom stereocenters. The van der Waals surface area contributed by atoms with Gasteiger partial charge in [0, 0.05) is 12.7 Å². The van der Waals surface area contributed by atoms with Crippen LogP contribution in [0.5, 0.6) is 0 Å². The number of rotatable bonds is 7. The maximum absolute atomic E-state index is 14.4. The van der Waals surface area contributed by atoms with Gasteiger partial charge >= 0.3 is 0 Å². The first-order valence-electron chi connectivity index (χ1n) is 6.83. The van der Waals surface area contributed by atoms with Crippen molar-refractivity contribution in [3.8, 4) is 0 Å². The molecular formula is C15H22BrF2NO. The summed E-state index contributed by atoms with van der Waals surface area (Å²) in [5.74, 6) is -1.13. The standard InChI is InChI=1S/C15H22BrF2NO/c1-5-9-19-14(15(3,6-2)20-4)12-11(17)8-7-10(16)13(12)18/h7-8,14,19H,5-6,9H2,1-4H3. The highest BCUT2D eigenvalue weighted by Gasteiger charge is 2.37. The van der Waals surface area contributed by atoms with Crippen LogP contribution in [0.25, 0.3) is 0 Å². The summed E-state index contributed by atoms with van der Waals surface area (Å²) in [6.07, 6.45) is 1.51. The number of halogens is 3. The fraction of sp³-hybridized carbons (Fsp3) is 0.600. The van der Waals surface area contributed by atoms with E-state index in [-0.39, 0.29) is 10.0 Å². The summed E-state index contributed by atoms with van der Waals surface area (Å²) < 4.78 is 34.3. The zero-order chi connectivity index (χ0) is 15.3. The summed E-state index contributed by atoms with van der Waals surface area (Å²) in [5, 5.41) is 3.21. The number of ether oxygens (including phenoxy) is 1. The van der Waals surface area contributed by atoms with Gasteiger partial charge in [0.05, 0.1) is 16.1 Å². The Hall–Kier alpha value is -0.520. The Morgan fingerprint density at radius 3 is 2.50 bits per heavy atom. The smallest absolute Gasteiger partial charge is 0.145 e. The quantitative estimate of drug-likeness (QED) is 0.727. The van der Waals surface area contributed by atoms with E-state index in [1.54, 1.807) is 7.11 Å². The van der Waals surface area contributed by atoms with Gasteiger partial charge in [0.2, 0.25) is 0 Å². The van der Waals surface area contributed by atoms with Crippen LogP contribution in [-0.4, -0.2) is 19.3 Å². The summed E-state index contributed by atoms with van der Waals surface area (Å²) in [6.45, 7) is 6.47. The molecule has 0 amide bonds. The molecule has 0 saturated heterocycles. The Kier molecular flexibility index (Phi) is 6.55. The summed E-state index contributed by atoms with van der Waals surface area (Å²) >= 11 is 3.12. The molecule has 0 aromatic heterocycles. The lowest BCUT2D eigenvalue weighted by atomic mass is 9.87. The lowest BCUT2D eigenvalue weighted by Crippen LogP contribution is -2.44. The molecule has 0 aliphatic rings. The topological polar surface area (TPSA) is 21.3 Å². The van der Waals surface area contributed by atoms with Crippen molar-refractivity contribution in [3.05, 3.63) is 33.8 Å². The first-order valence-corrected chi connectivity index (χ1v) is 7.62. The van der Waals surface area contributed by atoms with E-state index in [0.717, 1.165) is 6.42 Å². The third-order valence-corrected chi connectivity index (χ3v) is 4.36. The molecule has 0 heterocycles. The molecule has 0 saturated carbocycles. The Balaban J connectivity index is 3.34. The van der Waals surface area contributed by atoms with Crippen molar-refractivity contribution >= 4 is 15.9 Å². The fourth-order valence-corrected chi connectivity index (χ4v) is 2.53.